The molecular formula is C18H18ClFN2O3. The van der Waals surface area contributed by atoms with Gasteiger partial charge in [0.2, 0.25) is 0 Å². The van der Waals surface area contributed by atoms with Gasteiger partial charge in [0.15, 0.2) is 6.61 Å². The van der Waals surface area contributed by atoms with Crippen molar-refractivity contribution < 1.29 is 18.7 Å². The fourth-order valence-corrected chi connectivity index (χ4v) is 2.26. The lowest BCUT2D eigenvalue weighted by molar-refractivity contribution is -0.132. The maximum atomic E-state index is 13.1. The van der Waals surface area contributed by atoms with Gasteiger partial charge in [-0.15, -0.1) is 0 Å². The highest BCUT2D eigenvalue weighted by Crippen LogP contribution is 2.21. The summed E-state index contributed by atoms with van der Waals surface area (Å²) in [5.41, 5.74) is 1.44. The molecule has 0 heterocycles. The molecule has 2 aromatic carbocycles. The Morgan fingerprint density at radius 2 is 1.88 bits per heavy atom. The number of ether oxygens (including phenoxy) is 1. The third-order valence-corrected chi connectivity index (χ3v) is 3.83. The Kier molecular flexibility index (Phi) is 6.36. The van der Waals surface area contributed by atoms with Gasteiger partial charge in [-0.25, -0.2) is 4.39 Å². The molecule has 0 aromatic heterocycles. The highest BCUT2D eigenvalue weighted by atomic mass is 35.5. The standard InChI is InChI=1S/C18H18ClFN2O3/c1-21-18(24)13-5-3-12(4-6-13)10-22(2)17(23)11-25-14-7-8-16(20)15(19)9-14/h3-9H,10-11H2,1-2H3,(H,21,24). The summed E-state index contributed by atoms with van der Waals surface area (Å²) in [7, 11) is 3.22. The van der Waals surface area contributed by atoms with Crippen molar-refractivity contribution in [1.29, 1.82) is 0 Å². The van der Waals surface area contributed by atoms with Gasteiger partial charge in [0.1, 0.15) is 11.6 Å². The van der Waals surface area contributed by atoms with Crippen molar-refractivity contribution >= 4 is 23.4 Å². The predicted octanol–water partition coefficient (Wildman–Crippen LogP) is 2.88. The second-order valence-corrected chi connectivity index (χ2v) is 5.80. The summed E-state index contributed by atoms with van der Waals surface area (Å²) in [6, 6.07) is 10.9. The van der Waals surface area contributed by atoms with Gasteiger partial charge >= 0.3 is 0 Å². The molecule has 0 aliphatic carbocycles. The molecule has 0 unspecified atom stereocenters. The minimum Gasteiger partial charge on any atom is -0.484 e. The zero-order valence-corrected chi connectivity index (χ0v) is 14.6. The first-order valence-electron chi connectivity index (χ1n) is 7.53. The maximum Gasteiger partial charge on any atom is 0.260 e. The zero-order valence-electron chi connectivity index (χ0n) is 13.9. The number of nitrogens with zero attached hydrogens (tertiary/aromatic N) is 1. The van der Waals surface area contributed by atoms with Crippen LogP contribution in [0, 0.1) is 5.82 Å². The molecule has 0 saturated carbocycles. The van der Waals surface area contributed by atoms with Gasteiger partial charge in [-0.2, -0.15) is 0 Å². The van der Waals surface area contributed by atoms with Gasteiger partial charge in [0, 0.05) is 32.3 Å². The Bertz CT molecular complexity index is 765. The first-order chi connectivity index (χ1) is 11.9. The molecule has 2 rings (SSSR count). The van der Waals surface area contributed by atoms with Crippen LogP contribution in [0.1, 0.15) is 15.9 Å². The van der Waals surface area contributed by atoms with Crippen LogP contribution in [0.4, 0.5) is 4.39 Å². The van der Waals surface area contributed by atoms with Crippen LogP contribution >= 0.6 is 11.6 Å². The van der Waals surface area contributed by atoms with E-state index in [2.05, 4.69) is 5.32 Å². The van der Waals surface area contributed by atoms with E-state index in [4.69, 9.17) is 16.3 Å². The Hall–Kier alpha value is -2.60. The van der Waals surface area contributed by atoms with Crippen LogP contribution in [-0.2, 0) is 11.3 Å². The summed E-state index contributed by atoms with van der Waals surface area (Å²) < 4.78 is 18.4. The van der Waals surface area contributed by atoms with Crippen molar-refractivity contribution in [3.05, 3.63) is 64.4 Å². The number of benzene rings is 2. The van der Waals surface area contributed by atoms with Gasteiger partial charge in [0.25, 0.3) is 11.8 Å². The van der Waals surface area contributed by atoms with E-state index in [1.807, 2.05) is 0 Å². The molecule has 2 aromatic rings. The Morgan fingerprint density at radius 1 is 1.20 bits per heavy atom. The van der Waals surface area contributed by atoms with Crippen molar-refractivity contribution in [1.82, 2.24) is 10.2 Å². The van der Waals surface area contributed by atoms with Gasteiger partial charge in [0.05, 0.1) is 5.02 Å². The molecule has 0 radical (unpaired) electrons. The maximum absolute atomic E-state index is 13.1. The molecule has 25 heavy (non-hydrogen) atoms. The molecular weight excluding hydrogens is 347 g/mol. The van der Waals surface area contributed by atoms with E-state index in [9.17, 15) is 14.0 Å². The van der Waals surface area contributed by atoms with E-state index in [1.165, 1.54) is 23.1 Å². The van der Waals surface area contributed by atoms with Crippen LogP contribution in [0.3, 0.4) is 0 Å². The number of carbonyl (C=O) groups excluding carboxylic acids is 2. The number of likely N-dealkylation sites (N-methyl/N-ethyl adjacent to an activating group) is 1. The van der Waals surface area contributed by atoms with Crippen LogP contribution in [0.2, 0.25) is 5.02 Å². The molecule has 0 fully saturated rings. The fraction of sp³-hybridized carbons (Fsp3) is 0.222. The molecule has 0 aliphatic heterocycles. The van der Waals surface area contributed by atoms with E-state index in [1.54, 1.807) is 38.4 Å². The minimum atomic E-state index is -0.544. The summed E-state index contributed by atoms with van der Waals surface area (Å²) in [6.07, 6.45) is 0. The zero-order chi connectivity index (χ0) is 18.4. The summed E-state index contributed by atoms with van der Waals surface area (Å²) in [4.78, 5) is 25.1. The largest absolute Gasteiger partial charge is 0.484 e. The lowest BCUT2D eigenvalue weighted by atomic mass is 10.1. The molecule has 1 N–H and O–H groups in total. The van der Waals surface area contributed by atoms with Crippen LogP contribution < -0.4 is 10.1 Å². The van der Waals surface area contributed by atoms with Crippen molar-refractivity contribution in [2.24, 2.45) is 0 Å². The number of carbonyl (C=O) groups is 2. The van der Waals surface area contributed by atoms with E-state index >= 15 is 0 Å². The normalized spacial score (nSPS) is 10.2. The molecule has 5 nitrogen and oxygen atoms in total. The Labute approximate surface area is 150 Å². The number of rotatable bonds is 6. The summed E-state index contributed by atoms with van der Waals surface area (Å²) >= 11 is 5.67. The number of halogens is 2. The summed E-state index contributed by atoms with van der Waals surface area (Å²) in [5.74, 6) is -0.626. The third kappa shape index (κ3) is 5.19. The highest BCUT2D eigenvalue weighted by molar-refractivity contribution is 6.30. The first kappa shape index (κ1) is 18.7. The van der Waals surface area contributed by atoms with Gasteiger partial charge in [-0.05, 0) is 29.8 Å². The fourth-order valence-electron chi connectivity index (χ4n) is 2.09. The Balaban J connectivity index is 1.89. The van der Waals surface area contributed by atoms with E-state index in [0.717, 1.165) is 5.56 Å². The smallest absolute Gasteiger partial charge is 0.260 e. The lowest BCUT2D eigenvalue weighted by Gasteiger charge is -2.18. The van der Waals surface area contributed by atoms with Crippen molar-refractivity contribution in [2.45, 2.75) is 6.54 Å². The predicted molar refractivity (Wildman–Crippen MR) is 93.2 cm³/mol. The molecule has 0 atom stereocenters. The van der Waals surface area contributed by atoms with Crippen LogP contribution in [-0.4, -0.2) is 37.4 Å². The monoisotopic (exact) mass is 364 g/mol. The van der Waals surface area contributed by atoms with Crippen LogP contribution in [0.5, 0.6) is 5.75 Å². The average Bonchev–Trinajstić information content (AvgIpc) is 2.62. The van der Waals surface area contributed by atoms with Crippen LogP contribution in [0.25, 0.3) is 0 Å². The van der Waals surface area contributed by atoms with Gasteiger partial charge < -0.3 is 15.0 Å². The minimum absolute atomic E-state index is 0.0606. The van der Waals surface area contributed by atoms with E-state index in [0.29, 0.717) is 17.9 Å². The number of hydrogen-bond acceptors (Lipinski definition) is 3. The van der Waals surface area contributed by atoms with Gasteiger partial charge in [-0.3, -0.25) is 9.59 Å². The number of hydrogen-bond donors (Lipinski definition) is 1. The summed E-state index contributed by atoms with van der Waals surface area (Å²) in [6.45, 7) is 0.190. The quantitative estimate of drug-likeness (QED) is 0.857. The van der Waals surface area contributed by atoms with Gasteiger partial charge in [-0.1, -0.05) is 23.7 Å². The van der Waals surface area contributed by atoms with Crippen molar-refractivity contribution in [2.75, 3.05) is 20.7 Å². The lowest BCUT2D eigenvalue weighted by Crippen LogP contribution is -2.31. The SMILES string of the molecule is CNC(=O)c1ccc(CN(C)C(=O)COc2ccc(F)c(Cl)c2)cc1. The summed E-state index contributed by atoms with van der Waals surface area (Å²) in [5, 5.41) is 2.49. The van der Waals surface area contributed by atoms with Crippen molar-refractivity contribution in [3.63, 3.8) is 0 Å². The molecule has 0 spiro atoms. The van der Waals surface area contributed by atoms with E-state index in [-0.39, 0.29) is 23.4 Å². The number of amides is 2. The molecule has 2 amide bonds. The molecule has 0 aliphatic rings. The van der Waals surface area contributed by atoms with Crippen molar-refractivity contribution in [3.8, 4) is 5.75 Å². The average molecular weight is 365 g/mol. The van der Waals surface area contributed by atoms with Crippen LogP contribution in [0.15, 0.2) is 42.5 Å². The first-order valence-corrected chi connectivity index (χ1v) is 7.91. The van der Waals surface area contributed by atoms with E-state index < -0.39 is 5.82 Å². The second kappa shape index (κ2) is 8.48. The molecule has 132 valence electrons. The topological polar surface area (TPSA) is 58.6 Å². The number of nitrogens with one attached hydrogen (secondary N) is 1. The second-order valence-electron chi connectivity index (χ2n) is 5.39. The third-order valence-electron chi connectivity index (χ3n) is 3.54. The Morgan fingerprint density at radius 3 is 2.48 bits per heavy atom. The molecule has 7 heteroatoms. The highest BCUT2D eigenvalue weighted by Gasteiger charge is 2.11. The molecule has 0 bridgehead atoms. The molecule has 0 saturated heterocycles.